The fourth-order valence-corrected chi connectivity index (χ4v) is 3.92. The molecule has 182 valence electrons. The van der Waals surface area contributed by atoms with Crippen LogP contribution in [0, 0.1) is 12.8 Å². The van der Waals surface area contributed by atoms with E-state index in [1.807, 2.05) is 19.1 Å². The number of pyridine rings is 1. The van der Waals surface area contributed by atoms with Crippen LogP contribution < -0.4 is 9.47 Å². The summed E-state index contributed by atoms with van der Waals surface area (Å²) in [5.41, 5.74) is 2.67. The summed E-state index contributed by atoms with van der Waals surface area (Å²) >= 11 is 0. The lowest BCUT2D eigenvalue weighted by Gasteiger charge is -2.27. The van der Waals surface area contributed by atoms with E-state index in [1.165, 1.54) is 4.80 Å². The van der Waals surface area contributed by atoms with Crippen molar-refractivity contribution in [1.82, 2.24) is 40.2 Å². The van der Waals surface area contributed by atoms with Crippen LogP contribution in [0.1, 0.15) is 37.1 Å². The summed E-state index contributed by atoms with van der Waals surface area (Å²) in [5, 5.41) is 29.8. The van der Waals surface area contributed by atoms with E-state index in [4.69, 9.17) is 14.2 Å². The second-order valence-electron chi connectivity index (χ2n) is 8.17. The van der Waals surface area contributed by atoms with Gasteiger partial charge in [-0.05, 0) is 50.0 Å². The van der Waals surface area contributed by atoms with Crippen LogP contribution in [0.3, 0.4) is 0 Å². The van der Waals surface area contributed by atoms with E-state index in [-0.39, 0.29) is 24.6 Å². The Bertz CT molecular complexity index is 1130. The Labute approximate surface area is 196 Å². The van der Waals surface area contributed by atoms with Gasteiger partial charge in [0.2, 0.25) is 0 Å². The summed E-state index contributed by atoms with van der Waals surface area (Å²) in [4.78, 5) is 17.4. The summed E-state index contributed by atoms with van der Waals surface area (Å²) in [7, 11) is 3.37. The minimum Gasteiger partial charge on any atom is -0.489 e. The first-order valence-electron chi connectivity index (χ1n) is 11.1. The molecule has 1 saturated carbocycles. The van der Waals surface area contributed by atoms with Crippen LogP contribution in [-0.2, 0) is 23.1 Å². The van der Waals surface area contributed by atoms with Crippen LogP contribution in [0.25, 0.3) is 11.4 Å². The summed E-state index contributed by atoms with van der Waals surface area (Å²) < 4.78 is 18.1. The number of hydrogen-bond donors (Lipinski definition) is 1. The number of nitrogens with zero attached hydrogens (tertiary/aromatic N) is 8. The lowest BCUT2D eigenvalue weighted by molar-refractivity contribution is -0.143. The highest BCUT2D eigenvalue weighted by atomic mass is 16.5. The zero-order chi connectivity index (χ0) is 24.1. The second-order valence-corrected chi connectivity index (χ2v) is 8.17. The second kappa shape index (κ2) is 10.5. The number of aryl methyl sites for hydroxylation is 2. The lowest BCUT2D eigenvalue weighted by Crippen LogP contribution is -2.29. The van der Waals surface area contributed by atoms with Gasteiger partial charge in [0.05, 0.1) is 35.7 Å². The minimum absolute atomic E-state index is 0.132. The molecule has 1 fully saturated rings. The molecule has 0 spiro atoms. The first-order valence-corrected chi connectivity index (χ1v) is 11.1. The van der Waals surface area contributed by atoms with E-state index in [0.29, 0.717) is 48.9 Å². The number of aliphatic carboxylic acids is 1. The third-order valence-corrected chi connectivity index (χ3v) is 5.74. The summed E-state index contributed by atoms with van der Waals surface area (Å²) in [6.07, 6.45) is 2.74. The number of carboxylic acids is 1. The minimum atomic E-state index is -0.760. The quantitative estimate of drug-likeness (QED) is 0.424. The first-order chi connectivity index (χ1) is 16.4. The van der Waals surface area contributed by atoms with Crippen molar-refractivity contribution in [3.8, 4) is 23.1 Å². The maximum absolute atomic E-state index is 11.3. The molecule has 0 unspecified atom stereocenters. The number of carboxylic acid groups (broad SMARTS) is 1. The molecule has 2 atom stereocenters. The maximum Gasteiger partial charge on any atom is 0.356 e. The molecule has 0 saturated heterocycles. The number of methoxy groups -OCH3 is 1. The van der Waals surface area contributed by atoms with Gasteiger partial charge in [-0.2, -0.15) is 4.80 Å². The average molecular weight is 473 g/mol. The van der Waals surface area contributed by atoms with Crippen molar-refractivity contribution in [2.24, 2.45) is 13.0 Å². The van der Waals surface area contributed by atoms with Crippen LogP contribution in [-0.4, -0.2) is 77.7 Å². The molecule has 3 aromatic rings. The normalized spacial score (nSPS) is 18.1. The van der Waals surface area contributed by atoms with Crippen molar-refractivity contribution in [3.63, 3.8) is 0 Å². The molecule has 34 heavy (non-hydrogen) atoms. The van der Waals surface area contributed by atoms with Gasteiger partial charge in [0.1, 0.15) is 24.6 Å². The summed E-state index contributed by atoms with van der Waals surface area (Å²) in [5.74, 6) is -0.477. The van der Waals surface area contributed by atoms with Crippen molar-refractivity contribution in [2.45, 2.75) is 45.3 Å². The molecule has 1 aliphatic carbocycles. The topological polar surface area (TPSA) is 152 Å². The molecule has 3 heterocycles. The largest absolute Gasteiger partial charge is 0.489 e. The third kappa shape index (κ3) is 5.47. The van der Waals surface area contributed by atoms with Gasteiger partial charge < -0.3 is 19.3 Å². The van der Waals surface area contributed by atoms with E-state index in [1.54, 1.807) is 18.8 Å². The lowest BCUT2D eigenvalue weighted by atomic mass is 9.87. The first kappa shape index (κ1) is 23.5. The van der Waals surface area contributed by atoms with Crippen molar-refractivity contribution < 1.29 is 24.1 Å². The number of carbonyl (C=O) groups is 1. The van der Waals surface area contributed by atoms with Crippen molar-refractivity contribution in [2.75, 3.05) is 20.3 Å². The highest BCUT2D eigenvalue weighted by Crippen LogP contribution is 2.30. The van der Waals surface area contributed by atoms with Gasteiger partial charge in [0.15, 0.2) is 0 Å². The van der Waals surface area contributed by atoms with Gasteiger partial charge in [-0.1, -0.05) is 15.4 Å². The highest BCUT2D eigenvalue weighted by molar-refractivity contribution is 5.70. The van der Waals surface area contributed by atoms with E-state index in [2.05, 4.69) is 30.7 Å². The van der Waals surface area contributed by atoms with Crippen molar-refractivity contribution in [1.29, 1.82) is 0 Å². The molecule has 13 nitrogen and oxygen atoms in total. The van der Waals surface area contributed by atoms with Gasteiger partial charge in [0.25, 0.3) is 0 Å². The van der Waals surface area contributed by atoms with E-state index in [9.17, 15) is 9.90 Å². The van der Waals surface area contributed by atoms with E-state index < -0.39 is 5.97 Å². The van der Waals surface area contributed by atoms with Crippen LogP contribution >= 0.6 is 0 Å². The molecule has 1 N–H and O–H groups in total. The smallest absolute Gasteiger partial charge is 0.356 e. The Morgan fingerprint density at radius 1 is 1.21 bits per heavy atom. The summed E-state index contributed by atoms with van der Waals surface area (Å²) in [6, 6.07) is 3.83. The van der Waals surface area contributed by atoms with Crippen LogP contribution in [0.2, 0.25) is 0 Å². The van der Waals surface area contributed by atoms with Gasteiger partial charge in [0, 0.05) is 14.2 Å². The Balaban J connectivity index is 1.47. The number of aromatic nitrogens is 8. The van der Waals surface area contributed by atoms with Crippen LogP contribution in [0.15, 0.2) is 12.1 Å². The van der Waals surface area contributed by atoms with Crippen molar-refractivity contribution >= 4 is 5.97 Å². The fraction of sp³-hybridized carbons (Fsp3) is 0.571. The van der Waals surface area contributed by atoms with Gasteiger partial charge in [-0.15, -0.1) is 5.10 Å². The van der Waals surface area contributed by atoms with Gasteiger partial charge in [-0.3, -0.25) is 4.79 Å². The molecule has 0 aromatic carbocycles. The van der Waals surface area contributed by atoms with Gasteiger partial charge in [-0.25, -0.2) is 9.67 Å². The molecule has 1 aliphatic rings. The molecular formula is C21H28N8O5. The number of rotatable bonds is 10. The molecule has 13 heteroatoms. The molecule has 0 aliphatic heterocycles. The number of ether oxygens (including phenoxy) is 3. The van der Waals surface area contributed by atoms with Gasteiger partial charge >= 0.3 is 12.0 Å². The Hall–Kier alpha value is -3.61. The van der Waals surface area contributed by atoms with Crippen LogP contribution in [0.4, 0.5) is 0 Å². The average Bonchev–Trinajstić information content (AvgIpc) is 3.42. The van der Waals surface area contributed by atoms with Crippen molar-refractivity contribution in [3.05, 3.63) is 23.5 Å². The zero-order valence-corrected chi connectivity index (χ0v) is 19.4. The zero-order valence-electron chi connectivity index (χ0n) is 19.4. The molecule has 3 aromatic heterocycles. The molecular weight excluding hydrogens is 444 g/mol. The Morgan fingerprint density at radius 2 is 2.06 bits per heavy atom. The van der Waals surface area contributed by atoms with E-state index in [0.717, 1.165) is 18.5 Å². The third-order valence-electron chi connectivity index (χ3n) is 5.74. The molecule has 0 amide bonds. The monoisotopic (exact) mass is 472 g/mol. The predicted molar refractivity (Wildman–Crippen MR) is 117 cm³/mol. The highest BCUT2D eigenvalue weighted by Gasteiger charge is 2.28. The number of hydrogen-bond acceptors (Lipinski definition) is 10. The maximum atomic E-state index is 11.3. The number of tetrazole rings is 1. The van der Waals surface area contributed by atoms with E-state index >= 15 is 0 Å². The molecule has 0 bridgehead atoms. The molecule has 0 radical (unpaired) electrons. The predicted octanol–water partition coefficient (Wildman–Crippen LogP) is 1.27. The van der Waals surface area contributed by atoms with Crippen LogP contribution in [0.5, 0.6) is 11.8 Å². The standard InChI is InChI=1S/C21H28N8O5/c1-13-18(34-15-6-4-5-14(11-15)20(30)31)8-7-16(22-13)19-17(28(2)26-23-19)12-29-25-21(24-27-29)33-10-9-32-3/h7-8,14-15H,4-6,9-12H2,1-3H3,(H,30,31)/t14-,15-/m0/s1. The Kier molecular flexibility index (Phi) is 7.30. The SMILES string of the molecule is COCCOc1nnn(Cc2c(-c3ccc(O[C@H]4CCC[C@H](C(=O)O)C4)c(C)n3)nnn2C)n1. The fourth-order valence-electron chi connectivity index (χ4n) is 3.92. The summed E-state index contributed by atoms with van der Waals surface area (Å²) in [6.45, 7) is 2.89. The molecule has 4 rings (SSSR count). The Morgan fingerprint density at radius 3 is 2.82 bits per heavy atom.